The van der Waals surface area contributed by atoms with Crippen molar-refractivity contribution in [1.82, 2.24) is 4.98 Å². The monoisotopic (exact) mass is 324 g/mol. The maximum absolute atomic E-state index is 12.5. The minimum absolute atomic E-state index is 0.129. The topological polar surface area (TPSA) is 65.2 Å². The first-order valence-corrected chi connectivity index (χ1v) is 6.93. The average Bonchev–Trinajstić information content (AvgIpc) is 2.48. The van der Waals surface area contributed by atoms with Crippen LogP contribution < -0.4 is 10.5 Å². The largest absolute Gasteiger partial charge is 0.416 e. The van der Waals surface area contributed by atoms with Gasteiger partial charge in [0, 0.05) is 12.3 Å². The van der Waals surface area contributed by atoms with Crippen molar-refractivity contribution in [2.24, 2.45) is 5.73 Å². The number of aromatic nitrogens is 1. The Kier molecular flexibility index (Phi) is 5.20. The van der Waals surface area contributed by atoms with Gasteiger partial charge in [0.1, 0.15) is 0 Å². The van der Waals surface area contributed by atoms with E-state index in [2.05, 4.69) is 9.72 Å². The van der Waals surface area contributed by atoms with Crippen LogP contribution in [0, 0.1) is 0 Å². The Hall–Kier alpha value is -2.57. The molecule has 122 valence electrons. The molecule has 23 heavy (non-hydrogen) atoms. The molecule has 1 aromatic carbocycles. The molecule has 0 saturated carbocycles. The minimum atomic E-state index is -4.31. The summed E-state index contributed by atoms with van der Waals surface area (Å²) in [6.07, 6.45) is -1.51. The molecule has 0 aliphatic rings. The predicted molar refractivity (Wildman–Crippen MR) is 77.9 cm³/mol. The number of nitrogens with two attached hydrogens (primary N) is 1. The quantitative estimate of drug-likeness (QED) is 0.911. The van der Waals surface area contributed by atoms with Crippen molar-refractivity contribution in [2.75, 3.05) is 0 Å². The number of benzene rings is 1. The van der Waals surface area contributed by atoms with Gasteiger partial charge in [0.2, 0.25) is 5.88 Å². The molecule has 2 aromatic rings. The summed E-state index contributed by atoms with van der Waals surface area (Å²) < 4.78 is 42.0. The highest BCUT2D eigenvalue weighted by Crippen LogP contribution is 2.29. The fourth-order valence-electron chi connectivity index (χ4n) is 2.08. The van der Waals surface area contributed by atoms with Gasteiger partial charge in [-0.1, -0.05) is 18.2 Å². The Morgan fingerprint density at radius 2 is 1.65 bits per heavy atom. The molecule has 1 aromatic heterocycles. The van der Waals surface area contributed by atoms with Gasteiger partial charge < -0.3 is 10.5 Å². The van der Waals surface area contributed by atoms with Crippen LogP contribution in [-0.2, 0) is 19.0 Å². The van der Waals surface area contributed by atoms with Crippen LogP contribution >= 0.6 is 0 Å². The van der Waals surface area contributed by atoms with E-state index >= 15 is 0 Å². The third-order valence-corrected chi connectivity index (χ3v) is 3.21. The van der Waals surface area contributed by atoms with E-state index in [4.69, 9.17) is 5.73 Å². The molecule has 1 heterocycles. The summed E-state index contributed by atoms with van der Waals surface area (Å²) in [6.45, 7) is 0. The minimum Gasteiger partial charge on any atom is -0.391 e. The number of aryl methyl sites for hydroxylation is 2. The number of halogens is 3. The SMILES string of the molecule is NC(=O)Oc1ccc(CCCc2ccc(C(F)(F)F)cc2)cn1. The van der Waals surface area contributed by atoms with Crippen LogP contribution in [0.15, 0.2) is 42.6 Å². The van der Waals surface area contributed by atoms with Crippen molar-refractivity contribution in [2.45, 2.75) is 25.4 Å². The van der Waals surface area contributed by atoms with Gasteiger partial charge in [0.25, 0.3) is 0 Å². The van der Waals surface area contributed by atoms with Crippen LogP contribution in [0.2, 0.25) is 0 Å². The van der Waals surface area contributed by atoms with Crippen molar-refractivity contribution in [3.8, 4) is 5.88 Å². The first-order chi connectivity index (χ1) is 10.8. The predicted octanol–water partition coefficient (Wildman–Crippen LogP) is 3.73. The molecule has 2 rings (SSSR count). The molecule has 4 nitrogen and oxygen atoms in total. The number of rotatable bonds is 5. The van der Waals surface area contributed by atoms with E-state index < -0.39 is 17.8 Å². The van der Waals surface area contributed by atoms with Crippen molar-refractivity contribution in [3.05, 3.63) is 59.3 Å². The van der Waals surface area contributed by atoms with Crippen LogP contribution in [0.5, 0.6) is 5.88 Å². The van der Waals surface area contributed by atoms with Gasteiger partial charge in [-0.3, -0.25) is 0 Å². The standard InChI is InChI=1S/C16H15F3N2O2/c17-16(18,19)13-7-4-11(5-8-13)2-1-3-12-6-9-14(21-10-12)23-15(20)22/h4-10H,1-3H2,(H2,20,22). The lowest BCUT2D eigenvalue weighted by Gasteiger charge is -2.07. The zero-order valence-corrected chi connectivity index (χ0v) is 12.1. The first-order valence-electron chi connectivity index (χ1n) is 6.93. The van der Waals surface area contributed by atoms with Crippen molar-refractivity contribution < 1.29 is 22.7 Å². The number of amides is 1. The second-order valence-electron chi connectivity index (χ2n) is 4.97. The van der Waals surface area contributed by atoms with Gasteiger partial charge in [-0.25, -0.2) is 9.78 Å². The lowest BCUT2D eigenvalue weighted by Crippen LogP contribution is -2.16. The van der Waals surface area contributed by atoms with Gasteiger partial charge >= 0.3 is 12.3 Å². The molecule has 0 unspecified atom stereocenters. The van der Waals surface area contributed by atoms with Gasteiger partial charge in [0.15, 0.2) is 0 Å². The van der Waals surface area contributed by atoms with E-state index in [9.17, 15) is 18.0 Å². The number of hydrogen-bond acceptors (Lipinski definition) is 3. The number of alkyl halides is 3. The van der Waals surface area contributed by atoms with Crippen LogP contribution in [0.25, 0.3) is 0 Å². The van der Waals surface area contributed by atoms with E-state index in [1.807, 2.05) is 0 Å². The molecule has 0 atom stereocenters. The summed E-state index contributed by atoms with van der Waals surface area (Å²) in [5, 5.41) is 0. The molecule has 0 bridgehead atoms. The van der Waals surface area contributed by atoms with E-state index in [1.165, 1.54) is 18.2 Å². The van der Waals surface area contributed by atoms with Crippen molar-refractivity contribution in [1.29, 1.82) is 0 Å². The van der Waals surface area contributed by atoms with Crippen LogP contribution in [-0.4, -0.2) is 11.1 Å². The molecule has 0 aliphatic heterocycles. The summed E-state index contributed by atoms with van der Waals surface area (Å²) in [6, 6.07) is 8.46. The third kappa shape index (κ3) is 5.28. The Bertz CT molecular complexity index is 653. The third-order valence-electron chi connectivity index (χ3n) is 3.21. The van der Waals surface area contributed by atoms with E-state index in [0.717, 1.165) is 29.7 Å². The second-order valence-corrected chi connectivity index (χ2v) is 4.97. The maximum Gasteiger partial charge on any atom is 0.416 e. The Morgan fingerprint density at radius 3 is 2.17 bits per heavy atom. The van der Waals surface area contributed by atoms with E-state index in [-0.39, 0.29) is 5.88 Å². The van der Waals surface area contributed by atoms with Gasteiger partial charge in [-0.2, -0.15) is 13.2 Å². The first kappa shape index (κ1) is 16.8. The Morgan fingerprint density at radius 1 is 1.04 bits per heavy atom. The summed E-state index contributed by atoms with van der Waals surface area (Å²) in [4.78, 5) is 14.5. The number of carbonyl (C=O) groups is 1. The zero-order chi connectivity index (χ0) is 16.9. The Balaban J connectivity index is 1.84. The molecular formula is C16H15F3N2O2. The molecule has 0 spiro atoms. The maximum atomic E-state index is 12.5. The van der Waals surface area contributed by atoms with Crippen LogP contribution in [0.1, 0.15) is 23.1 Å². The number of pyridine rings is 1. The normalized spacial score (nSPS) is 11.3. The van der Waals surface area contributed by atoms with E-state index in [0.29, 0.717) is 12.8 Å². The van der Waals surface area contributed by atoms with Gasteiger partial charge in [-0.15, -0.1) is 0 Å². The van der Waals surface area contributed by atoms with Crippen molar-refractivity contribution >= 4 is 6.09 Å². The highest BCUT2D eigenvalue weighted by atomic mass is 19.4. The molecule has 0 radical (unpaired) electrons. The molecule has 0 saturated heterocycles. The molecule has 2 N–H and O–H groups in total. The lowest BCUT2D eigenvalue weighted by atomic mass is 10.0. The van der Waals surface area contributed by atoms with Gasteiger partial charge in [-0.05, 0) is 42.5 Å². The number of nitrogens with zero attached hydrogens (tertiary/aromatic N) is 1. The number of carbonyl (C=O) groups excluding carboxylic acids is 1. The molecular weight excluding hydrogens is 309 g/mol. The van der Waals surface area contributed by atoms with Gasteiger partial charge in [0.05, 0.1) is 5.56 Å². The molecule has 7 heteroatoms. The summed E-state index contributed by atoms with van der Waals surface area (Å²) in [5.74, 6) is 0.129. The average molecular weight is 324 g/mol. The van der Waals surface area contributed by atoms with Crippen LogP contribution in [0.4, 0.5) is 18.0 Å². The zero-order valence-electron chi connectivity index (χ0n) is 12.1. The summed E-state index contributed by atoms with van der Waals surface area (Å²) >= 11 is 0. The number of primary amides is 1. The lowest BCUT2D eigenvalue weighted by molar-refractivity contribution is -0.137. The smallest absolute Gasteiger partial charge is 0.391 e. The molecule has 1 amide bonds. The number of hydrogen-bond donors (Lipinski definition) is 1. The Labute approximate surface area is 131 Å². The van der Waals surface area contributed by atoms with Crippen molar-refractivity contribution in [3.63, 3.8) is 0 Å². The van der Waals surface area contributed by atoms with Crippen LogP contribution in [0.3, 0.4) is 0 Å². The second kappa shape index (κ2) is 7.13. The summed E-state index contributed by atoms with van der Waals surface area (Å²) in [7, 11) is 0. The van der Waals surface area contributed by atoms with E-state index in [1.54, 1.807) is 12.3 Å². The highest BCUT2D eigenvalue weighted by Gasteiger charge is 2.29. The fourth-order valence-corrected chi connectivity index (χ4v) is 2.08. The highest BCUT2D eigenvalue weighted by molar-refractivity contribution is 5.67. The molecule has 0 fully saturated rings. The molecule has 0 aliphatic carbocycles. The number of ether oxygens (including phenoxy) is 1. The fraction of sp³-hybridized carbons (Fsp3) is 0.250. The summed E-state index contributed by atoms with van der Waals surface area (Å²) in [5.41, 5.74) is 6.02.